The molecule has 0 heterocycles. The third-order valence-electron chi connectivity index (χ3n) is 1.83. The van der Waals surface area contributed by atoms with Gasteiger partial charge in [-0.1, -0.05) is 13.8 Å². The summed E-state index contributed by atoms with van der Waals surface area (Å²) >= 11 is 0. The molecule has 29 heavy (non-hydrogen) atoms. The molecule has 0 aliphatic carbocycles. The van der Waals surface area contributed by atoms with Gasteiger partial charge in [-0.2, -0.15) is 0 Å². The van der Waals surface area contributed by atoms with Crippen molar-refractivity contribution in [2.24, 2.45) is 0 Å². The summed E-state index contributed by atoms with van der Waals surface area (Å²) < 4.78 is 0. The van der Waals surface area contributed by atoms with Crippen molar-refractivity contribution in [3.8, 4) is 0 Å². The molecule has 0 bridgehead atoms. The van der Waals surface area contributed by atoms with Crippen molar-refractivity contribution in [2.45, 2.75) is 79.4 Å². The molecule has 11 heteroatoms. The normalized spacial score (nSPS) is 8.62. The van der Waals surface area contributed by atoms with Crippen LogP contribution in [0, 0.1) is 0 Å². The average molecular weight is 458 g/mol. The largest absolute Gasteiger partial charge is 0.480 e. The second kappa shape index (κ2) is 28.7. The third kappa shape index (κ3) is 75.6. The van der Waals surface area contributed by atoms with Gasteiger partial charge < -0.3 is 31.1 Å². The fourth-order valence-electron chi connectivity index (χ4n) is 0.979. The molecule has 0 aromatic carbocycles. The summed E-state index contributed by atoms with van der Waals surface area (Å²) in [4.78, 5) is 40.9. The summed E-state index contributed by atoms with van der Waals surface area (Å²) in [6, 6.07) is 0. The fourth-order valence-corrected chi connectivity index (χ4v) is 0.979. The second-order valence-corrected chi connectivity index (χ2v) is 6.03. The Bertz CT molecular complexity index is 375. The molecule has 6 N–H and O–H groups in total. The van der Waals surface area contributed by atoms with E-state index in [0.29, 0.717) is 12.8 Å². The Morgan fingerprint density at radius 3 is 1.03 bits per heavy atom. The number of nitrogens with one attached hydrogen (secondary N) is 2. The zero-order chi connectivity index (χ0) is 23.1. The van der Waals surface area contributed by atoms with E-state index in [9.17, 15) is 19.2 Å². The molecular weight excluding hydrogens is 420 g/mol. The maximum Gasteiger partial charge on any atom is 0.322 e. The Morgan fingerprint density at radius 2 is 0.897 bits per heavy atom. The van der Waals surface area contributed by atoms with Gasteiger partial charge in [-0.3, -0.25) is 19.2 Å². The van der Waals surface area contributed by atoms with Gasteiger partial charge in [0.25, 0.3) is 0 Å². The van der Waals surface area contributed by atoms with Gasteiger partial charge >= 0.3 is 11.9 Å². The Balaban J connectivity index is -0.0000000950. The average Bonchev–Trinajstić information content (AvgIpc) is 2.51. The first-order chi connectivity index (χ1) is 12.8. The van der Waals surface area contributed by atoms with Crippen LogP contribution < -0.4 is 10.6 Å². The number of aliphatic hydroxyl groups is 2. The molecule has 0 unspecified atom stereocenters. The molecule has 0 atom stereocenters. The standard InChI is InChI=1S/2C6H11NO3.2C3H8O.Ti/c2*1-2-3-5(8)7-4-6(9)10;2*1-3(2)4;/h2*2-4H2,1H3,(H,7,8)(H,9,10);2*3-4H,1-2H3;. The van der Waals surface area contributed by atoms with Crippen LogP contribution in [0.2, 0.25) is 0 Å². The van der Waals surface area contributed by atoms with Crippen LogP contribution in [-0.4, -0.2) is 69.5 Å². The van der Waals surface area contributed by atoms with Crippen LogP contribution in [0.4, 0.5) is 0 Å². The molecular formula is C18H38N2O8Ti. The van der Waals surface area contributed by atoms with Crippen molar-refractivity contribution >= 4 is 23.8 Å². The molecule has 0 rings (SSSR count). The number of hydrogen-bond donors (Lipinski definition) is 6. The smallest absolute Gasteiger partial charge is 0.322 e. The minimum atomic E-state index is -1.01. The van der Waals surface area contributed by atoms with Crippen LogP contribution in [0.5, 0.6) is 0 Å². The van der Waals surface area contributed by atoms with E-state index in [4.69, 9.17) is 20.4 Å². The van der Waals surface area contributed by atoms with E-state index >= 15 is 0 Å². The van der Waals surface area contributed by atoms with Crippen LogP contribution in [0.1, 0.15) is 67.2 Å². The quantitative estimate of drug-likeness (QED) is 0.289. The predicted molar refractivity (Wildman–Crippen MR) is 106 cm³/mol. The topological polar surface area (TPSA) is 173 Å². The van der Waals surface area contributed by atoms with Crippen molar-refractivity contribution in [3.05, 3.63) is 0 Å². The number of aliphatic carboxylic acids is 2. The van der Waals surface area contributed by atoms with Gasteiger partial charge in [0.15, 0.2) is 0 Å². The van der Waals surface area contributed by atoms with Crippen LogP contribution in [-0.2, 0) is 40.9 Å². The molecule has 0 aliphatic rings. The monoisotopic (exact) mass is 458 g/mol. The van der Waals surface area contributed by atoms with Crippen LogP contribution in [0.15, 0.2) is 0 Å². The maximum absolute atomic E-state index is 10.6. The molecule has 0 saturated heterocycles. The number of rotatable bonds is 8. The van der Waals surface area contributed by atoms with Crippen molar-refractivity contribution in [2.75, 3.05) is 13.1 Å². The fraction of sp³-hybridized carbons (Fsp3) is 0.778. The summed E-state index contributed by atoms with van der Waals surface area (Å²) in [5, 5.41) is 36.8. The first-order valence-electron chi connectivity index (χ1n) is 9.13. The van der Waals surface area contributed by atoms with Gasteiger partial charge in [0.1, 0.15) is 13.1 Å². The van der Waals surface area contributed by atoms with E-state index in [1.54, 1.807) is 27.7 Å². The summed E-state index contributed by atoms with van der Waals surface area (Å²) in [5.74, 6) is -2.43. The number of carboxylic acid groups (broad SMARTS) is 2. The zero-order valence-corrected chi connectivity index (χ0v) is 19.9. The number of aliphatic hydroxyl groups excluding tert-OH is 2. The minimum Gasteiger partial charge on any atom is -0.480 e. The van der Waals surface area contributed by atoms with E-state index in [0.717, 1.165) is 12.8 Å². The van der Waals surface area contributed by atoms with Crippen LogP contribution in [0.25, 0.3) is 0 Å². The van der Waals surface area contributed by atoms with Crippen molar-refractivity contribution in [1.29, 1.82) is 0 Å². The number of carboxylic acids is 2. The number of carbonyl (C=O) groups excluding carboxylic acids is 2. The Labute approximate surface area is 188 Å². The summed E-state index contributed by atoms with van der Waals surface area (Å²) in [5.41, 5.74) is 0. The minimum absolute atomic E-state index is 0. The second-order valence-electron chi connectivity index (χ2n) is 6.03. The summed E-state index contributed by atoms with van der Waals surface area (Å²) in [6.45, 7) is 10.1. The van der Waals surface area contributed by atoms with Gasteiger partial charge in [0.05, 0.1) is 0 Å². The van der Waals surface area contributed by atoms with Gasteiger partial charge in [-0.25, -0.2) is 0 Å². The van der Waals surface area contributed by atoms with E-state index in [1.807, 2.05) is 13.8 Å². The van der Waals surface area contributed by atoms with Crippen molar-refractivity contribution in [1.82, 2.24) is 10.6 Å². The molecule has 0 fully saturated rings. The van der Waals surface area contributed by atoms with E-state index in [-0.39, 0.29) is 58.8 Å². The van der Waals surface area contributed by atoms with E-state index in [2.05, 4.69) is 10.6 Å². The molecule has 0 radical (unpaired) electrons. The summed E-state index contributed by atoms with van der Waals surface area (Å²) in [7, 11) is 0. The predicted octanol–water partition coefficient (Wildman–Crippen LogP) is 0.746. The van der Waals surface area contributed by atoms with Crippen LogP contribution >= 0.6 is 0 Å². The molecule has 0 saturated carbocycles. The number of amides is 2. The number of carbonyl (C=O) groups is 4. The molecule has 0 aromatic rings. The van der Waals surface area contributed by atoms with Gasteiger partial charge in [0, 0.05) is 46.8 Å². The molecule has 2 amide bonds. The summed E-state index contributed by atoms with van der Waals surface area (Å²) in [6.07, 6.45) is 1.94. The first-order valence-corrected chi connectivity index (χ1v) is 9.13. The van der Waals surface area contributed by atoms with Crippen molar-refractivity contribution < 1.29 is 61.3 Å². The third-order valence-corrected chi connectivity index (χ3v) is 1.83. The molecule has 0 spiro atoms. The first kappa shape index (κ1) is 38.2. The molecule has 10 nitrogen and oxygen atoms in total. The Kier molecular flexibility index (Phi) is 37.8. The number of hydrogen-bond acceptors (Lipinski definition) is 6. The van der Waals surface area contributed by atoms with Gasteiger partial charge in [0.2, 0.25) is 11.8 Å². The van der Waals surface area contributed by atoms with Crippen LogP contribution in [0.3, 0.4) is 0 Å². The van der Waals surface area contributed by atoms with Gasteiger partial charge in [-0.05, 0) is 40.5 Å². The molecule has 172 valence electrons. The van der Waals surface area contributed by atoms with Crippen molar-refractivity contribution in [3.63, 3.8) is 0 Å². The van der Waals surface area contributed by atoms with Gasteiger partial charge in [-0.15, -0.1) is 0 Å². The SMILES string of the molecule is CC(C)O.CC(C)O.CCCC(=O)NCC(=O)O.CCCC(=O)NCC(=O)O.[Ti]. The zero-order valence-electron chi connectivity index (χ0n) is 18.3. The Morgan fingerprint density at radius 1 is 0.690 bits per heavy atom. The Hall–Kier alpha value is -1.49. The van der Waals surface area contributed by atoms with E-state index in [1.165, 1.54) is 0 Å². The molecule has 0 aliphatic heterocycles. The maximum atomic E-state index is 10.6. The van der Waals surface area contributed by atoms with E-state index < -0.39 is 11.9 Å². The molecule has 0 aromatic heterocycles.